The number of halogens is 3. The molecule has 1 N–H and O–H groups in total. The van der Waals surface area contributed by atoms with Crippen LogP contribution in [0.25, 0.3) is 0 Å². The van der Waals surface area contributed by atoms with Crippen LogP contribution in [-0.4, -0.2) is 25.6 Å². The molecule has 96 valence electrons. The lowest BCUT2D eigenvalue weighted by molar-refractivity contribution is 0.195. The fraction of sp³-hybridized carbons (Fsp3) is 0.500. The minimum Gasteiger partial charge on any atom is -0.383 e. The second-order valence-electron chi connectivity index (χ2n) is 3.75. The van der Waals surface area contributed by atoms with E-state index in [2.05, 4.69) is 21.2 Å². The third-order valence-corrected chi connectivity index (χ3v) is 3.14. The van der Waals surface area contributed by atoms with E-state index in [4.69, 9.17) is 16.3 Å². The maximum atomic E-state index is 13.4. The van der Waals surface area contributed by atoms with E-state index in [1.807, 2.05) is 0 Å². The molecule has 1 unspecified atom stereocenters. The van der Waals surface area contributed by atoms with Crippen molar-refractivity contribution >= 4 is 27.5 Å². The molecule has 1 atom stereocenters. The number of nitrogens with one attached hydrogen (secondary N) is 1. The van der Waals surface area contributed by atoms with E-state index in [1.165, 1.54) is 6.07 Å². The second-order valence-corrected chi connectivity index (χ2v) is 5.29. The molecule has 1 rings (SSSR count). The highest BCUT2D eigenvalue weighted by Crippen LogP contribution is 2.15. The lowest BCUT2D eigenvalue weighted by Gasteiger charge is -2.09. The zero-order valence-corrected chi connectivity index (χ0v) is 12.0. The summed E-state index contributed by atoms with van der Waals surface area (Å²) in [7, 11) is 1.62. The van der Waals surface area contributed by atoms with Crippen LogP contribution in [-0.2, 0) is 11.3 Å². The smallest absolute Gasteiger partial charge is 0.127 e. The highest BCUT2D eigenvalue weighted by atomic mass is 79.9. The average molecular weight is 325 g/mol. The van der Waals surface area contributed by atoms with Crippen LogP contribution in [0.15, 0.2) is 22.7 Å². The van der Waals surface area contributed by atoms with Gasteiger partial charge in [-0.15, -0.1) is 11.6 Å². The number of ether oxygens (including phenoxy) is 1. The Morgan fingerprint density at radius 2 is 2.29 bits per heavy atom. The Hall–Kier alpha value is -0.160. The zero-order chi connectivity index (χ0) is 12.7. The van der Waals surface area contributed by atoms with Crippen LogP contribution in [0.4, 0.5) is 4.39 Å². The Balaban J connectivity index is 2.28. The fourth-order valence-corrected chi connectivity index (χ4v) is 2.07. The second kappa shape index (κ2) is 8.03. The van der Waals surface area contributed by atoms with Gasteiger partial charge in [0, 0.05) is 23.7 Å². The van der Waals surface area contributed by atoms with Crippen molar-refractivity contribution in [2.45, 2.75) is 18.3 Å². The van der Waals surface area contributed by atoms with Gasteiger partial charge in [-0.3, -0.25) is 0 Å². The minimum absolute atomic E-state index is 0.000133. The summed E-state index contributed by atoms with van der Waals surface area (Å²) in [6.45, 7) is 1.78. The predicted octanol–water partition coefficient (Wildman–Crippen LogP) is 3.32. The molecule has 0 spiro atoms. The van der Waals surface area contributed by atoms with Crippen molar-refractivity contribution in [3.8, 4) is 0 Å². The van der Waals surface area contributed by atoms with Crippen LogP contribution in [0.5, 0.6) is 0 Å². The van der Waals surface area contributed by atoms with Crippen LogP contribution >= 0.6 is 27.5 Å². The van der Waals surface area contributed by atoms with Crippen molar-refractivity contribution in [2.24, 2.45) is 0 Å². The Labute approximate surface area is 115 Å². The largest absolute Gasteiger partial charge is 0.383 e. The maximum absolute atomic E-state index is 13.4. The Morgan fingerprint density at radius 3 is 3.00 bits per heavy atom. The number of benzene rings is 1. The monoisotopic (exact) mass is 323 g/mol. The van der Waals surface area contributed by atoms with Gasteiger partial charge in [0.1, 0.15) is 5.82 Å². The van der Waals surface area contributed by atoms with E-state index < -0.39 is 0 Å². The summed E-state index contributed by atoms with van der Waals surface area (Å²) in [6, 6.07) is 4.91. The number of hydrogen-bond acceptors (Lipinski definition) is 2. The molecule has 0 aliphatic heterocycles. The summed E-state index contributed by atoms with van der Waals surface area (Å²) in [4.78, 5) is 0. The van der Waals surface area contributed by atoms with Crippen molar-refractivity contribution in [3.63, 3.8) is 0 Å². The summed E-state index contributed by atoms with van der Waals surface area (Å²) in [5.41, 5.74) is 0.650. The molecule has 0 radical (unpaired) electrons. The zero-order valence-electron chi connectivity index (χ0n) is 9.68. The van der Waals surface area contributed by atoms with Crippen molar-refractivity contribution in [2.75, 3.05) is 20.3 Å². The normalized spacial score (nSPS) is 12.7. The van der Waals surface area contributed by atoms with Crippen LogP contribution in [0.1, 0.15) is 12.0 Å². The number of hydrogen-bond donors (Lipinski definition) is 1. The third kappa shape index (κ3) is 5.82. The van der Waals surface area contributed by atoms with Crippen LogP contribution < -0.4 is 5.32 Å². The van der Waals surface area contributed by atoms with Gasteiger partial charge in [0.25, 0.3) is 0 Å². The summed E-state index contributed by atoms with van der Waals surface area (Å²) in [5, 5.41) is 3.16. The SMILES string of the molecule is COCC(Cl)CCNCc1cc(Br)ccc1F. The van der Waals surface area contributed by atoms with Crippen molar-refractivity contribution < 1.29 is 9.13 Å². The Bertz CT molecular complexity index is 351. The van der Waals surface area contributed by atoms with Crippen LogP contribution in [0, 0.1) is 5.82 Å². The highest BCUT2D eigenvalue weighted by Gasteiger charge is 2.05. The van der Waals surface area contributed by atoms with E-state index in [0.717, 1.165) is 17.4 Å². The molecule has 1 aromatic carbocycles. The molecule has 1 aromatic rings. The quantitative estimate of drug-likeness (QED) is 0.614. The van der Waals surface area contributed by atoms with E-state index in [1.54, 1.807) is 19.2 Å². The van der Waals surface area contributed by atoms with Gasteiger partial charge in [0.05, 0.1) is 12.0 Å². The third-order valence-electron chi connectivity index (χ3n) is 2.31. The first-order valence-electron chi connectivity index (χ1n) is 5.41. The molecule has 0 saturated carbocycles. The van der Waals surface area contributed by atoms with E-state index in [0.29, 0.717) is 18.7 Å². The summed E-state index contributed by atoms with van der Waals surface area (Å²) >= 11 is 9.29. The predicted molar refractivity (Wildman–Crippen MR) is 71.9 cm³/mol. The van der Waals surface area contributed by atoms with E-state index in [9.17, 15) is 4.39 Å². The topological polar surface area (TPSA) is 21.3 Å². The van der Waals surface area contributed by atoms with Crippen molar-refractivity contribution in [1.82, 2.24) is 5.32 Å². The number of alkyl halides is 1. The van der Waals surface area contributed by atoms with E-state index in [-0.39, 0.29) is 11.2 Å². The van der Waals surface area contributed by atoms with Crippen molar-refractivity contribution in [3.05, 3.63) is 34.1 Å². The molecule has 2 nitrogen and oxygen atoms in total. The fourth-order valence-electron chi connectivity index (χ4n) is 1.42. The number of rotatable bonds is 7. The molecule has 0 heterocycles. The molecule has 5 heteroatoms. The molecule has 0 saturated heterocycles. The standard InChI is InChI=1S/C12H16BrClFNO/c1-17-8-11(14)4-5-16-7-9-6-10(13)2-3-12(9)15/h2-3,6,11,16H,4-5,7-8H2,1H3. The van der Waals surface area contributed by atoms with Gasteiger partial charge in [0.15, 0.2) is 0 Å². The molecule has 0 amide bonds. The molecule has 0 aromatic heterocycles. The first-order valence-corrected chi connectivity index (χ1v) is 6.64. The average Bonchev–Trinajstić information content (AvgIpc) is 2.29. The van der Waals surface area contributed by atoms with Crippen LogP contribution in [0.3, 0.4) is 0 Å². The number of methoxy groups -OCH3 is 1. The molecule has 0 aliphatic carbocycles. The lowest BCUT2D eigenvalue weighted by Crippen LogP contribution is -2.20. The summed E-state index contributed by atoms with van der Waals surface area (Å²) < 4.78 is 19.2. The van der Waals surface area contributed by atoms with Gasteiger partial charge >= 0.3 is 0 Å². The van der Waals surface area contributed by atoms with Gasteiger partial charge < -0.3 is 10.1 Å². The molecule has 0 aliphatic rings. The molecule has 0 fully saturated rings. The Morgan fingerprint density at radius 1 is 1.53 bits per heavy atom. The first kappa shape index (κ1) is 14.9. The molecule has 0 bridgehead atoms. The molecular formula is C12H16BrClFNO. The molecular weight excluding hydrogens is 308 g/mol. The van der Waals surface area contributed by atoms with Gasteiger partial charge in [0.2, 0.25) is 0 Å². The highest BCUT2D eigenvalue weighted by molar-refractivity contribution is 9.10. The Kier molecular flexibility index (Phi) is 7.04. The van der Waals surface area contributed by atoms with Gasteiger partial charge in [-0.1, -0.05) is 15.9 Å². The summed E-state index contributed by atoms with van der Waals surface area (Å²) in [6.07, 6.45) is 0.797. The maximum Gasteiger partial charge on any atom is 0.127 e. The molecule has 17 heavy (non-hydrogen) atoms. The van der Waals surface area contributed by atoms with Gasteiger partial charge in [-0.05, 0) is 31.2 Å². The van der Waals surface area contributed by atoms with Crippen LogP contribution in [0.2, 0.25) is 0 Å². The van der Waals surface area contributed by atoms with Gasteiger partial charge in [-0.2, -0.15) is 0 Å². The summed E-state index contributed by atoms with van der Waals surface area (Å²) in [5.74, 6) is -0.194. The van der Waals surface area contributed by atoms with Crippen molar-refractivity contribution in [1.29, 1.82) is 0 Å². The lowest BCUT2D eigenvalue weighted by atomic mass is 10.2. The first-order chi connectivity index (χ1) is 8.13. The van der Waals surface area contributed by atoms with E-state index >= 15 is 0 Å². The van der Waals surface area contributed by atoms with Gasteiger partial charge in [-0.25, -0.2) is 4.39 Å². The minimum atomic E-state index is -0.194.